The summed E-state index contributed by atoms with van der Waals surface area (Å²) < 4.78 is 0. The fourth-order valence-corrected chi connectivity index (χ4v) is 3.50. The number of aliphatic carboxylic acids is 2. The van der Waals surface area contributed by atoms with Crippen molar-refractivity contribution in [3.05, 3.63) is 72.1 Å². The molecule has 8 N–H and O–H groups in total. The molecule has 4 aromatic rings. The Morgan fingerprint density at radius 3 is 1.70 bits per heavy atom. The maximum Gasteiger partial charge on any atom is 0.320 e. The number of aromatic nitrogens is 2. The largest absolute Gasteiger partial charge is 0.481 e. The van der Waals surface area contributed by atoms with E-state index in [2.05, 4.69) is 9.97 Å². The maximum absolute atomic E-state index is 10.6. The topological polar surface area (TPSA) is 158 Å². The lowest BCUT2D eigenvalue weighted by atomic mass is 10.0. The van der Waals surface area contributed by atoms with Gasteiger partial charge < -0.3 is 31.6 Å². The lowest BCUT2D eigenvalue weighted by Gasteiger charge is -2.07. The summed E-state index contributed by atoms with van der Waals surface area (Å²) in [6, 6.07) is 14.5. The Hall–Kier alpha value is -3.04. The number of benzene rings is 2. The van der Waals surface area contributed by atoms with Crippen molar-refractivity contribution in [2.75, 3.05) is 0 Å². The quantitative estimate of drug-likeness (QED) is 0.230. The molecule has 0 saturated carbocycles. The van der Waals surface area contributed by atoms with Gasteiger partial charge in [-0.2, -0.15) is 0 Å². The van der Waals surface area contributed by atoms with Crippen molar-refractivity contribution < 1.29 is 19.8 Å². The van der Waals surface area contributed by atoms with E-state index in [4.69, 9.17) is 21.7 Å². The number of carboxylic acid groups (broad SMARTS) is 2. The van der Waals surface area contributed by atoms with Crippen LogP contribution in [0.2, 0.25) is 0 Å². The molecule has 0 unspecified atom stereocenters. The van der Waals surface area contributed by atoms with Crippen LogP contribution in [0.3, 0.4) is 0 Å². The fourth-order valence-electron chi connectivity index (χ4n) is 3.50. The third-order valence-corrected chi connectivity index (χ3v) is 5.03. The molecule has 2 atom stereocenters. The highest BCUT2D eigenvalue weighted by Crippen LogP contribution is 2.19. The minimum atomic E-state index is -0.972. The van der Waals surface area contributed by atoms with Gasteiger partial charge in [-0.3, -0.25) is 9.59 Å². The third-order valence-electron chi connectivity index (χ3n) is 5.03. The van der Waals surface area contributed by atoms with Crippen LogP contribution >= 0.6 is 24.8 Å². The Kier molecular flexibility index (Phi) is 10.9. The second kappa shape index (κ2) is 12.9. The summed E-state index contributed by atoms with van der Waals surface area (Å²) in [6.45, 7) is 0. The van der Waals surface area contributed by atoms with Gasteiger partial charge in [-0.1, -0.05) is 36.4 Å². The van der Waals surface area contributed by atoms with Crippen LogP contribution < -0.4 is 11.5 Å². The van der Waals surface area contributed by atoms with Crippen molar-refractivity contribution in [1.29, 1.82) is 0 Å². The van der Waals surface area contributed by atoms with Crippen LogP contribution in [0.15, 0.2) is 60.9 Å². The Morgan fingerprint density at radius 1 is 0.788 bits per heavy atom. The van der Waals surface area contributed by atoms with Crippen LogP contribution in [0.25, 0.3) is 21.8 Å². The van der Waals surface area contributed by atoms with Gasteiger partial charge in [-0.05, 0) is 29.7 Å². The van der Waals surface area contributed by atoms with Gasteiger partial charge in [-0.15, -0.1) is 24.8 Å². The van der Waals surface area contributed by atoms with Crippen molar-refractivity contribution in [3.8, 4) is 0 Å². The number of fused-ring (bicyclic) bond motifs is 2. The number of hydrogen-bond donors (Lipinski definition) is 6. The highest BCUT2D eigenvalue weighted by molar-refractivity contribution is 5.86. The van der Waals surface area contributed by atoms with E-state index < -0.39 is 18.0 Å². The number of carbonyl (C=O) groups is 2. The molecular formula is C23H28Cl2N4O4. The third kappa shape index (κ3) is 7.50. The minimum Gasteiger partial charge on any atom is -0.481 e. The number of nitrogens with one attached hydrogen (secondary N) is 2. The molecule has 10 heteroatoms. The first-order valence-electron chi connectivity index (χ1n) is 9.91. The van der Waals surface area contributed by atoms with E-state index in [1.54, 1.807) is 0 Å². The minimum absolute atomic E-state index is 0. The molecule has 4 rings (SSSR count). The van der Waals surface area contributed by atoms with Crippen LogP contribution in [0.4, 0.5) is 0 Å². The van der Waals surface area contributed by atoms with Gasteiger partial charge in [0, 0.05) is 46.7 Å². The molecule has 0 radical (unpaired) electrons. The van der Waals surface area contributed by atoms with Crippen molar-refractivity contribution in [1.82, 2.24) is 9.97 Å². The Bertz CT molecular complexity index is 1190. The van der Waals surface area contributed by atoms with E-state index in [-0.39, 0.29) is 37.3 Å². The molecule has 2 heterocycles. The van der Waals surface area contributed by atoms with Crippen molar-refractivity contribution in [2.45, 2.75) is 31.3 Å². The number of aromatic amines is 2. The number of H-pyrrole nitrogens is 2. The van der Waals surface area contributed by atoms with Crippen LogP contribution in [0.5, 0.6) is 0 Å². The summed E-state index contributed by atoms with van der Waals surface area (Å²) in [4.78, 5) is 27.4. The molecule has 2 aromatic carbocycles. The van der Waals surface area contributed by atoms with E-state index in [9.17, 15) is 9.59 Å². The van der Waals surface area contributed by atoms with Gasteiger partial charge in [0.05, 0.1) is 6.42 Å². The molecule has 0 fully saturated rings. The zero-order chi connectivity index (χ0) is 22.4. The maximum atomic E-state index is 10.6. The van der Waals surface area contributed by atoms with E-state index in [1.165, 1.54) is 0 Å². The summed E-state index contributed by atoms with van der Waals surface area (Å²) in [5, 5.41) is 19.5. The summed E-state index contributed by atoms with van der Waals surface area (Å²) in [5.74, 6) is -1.83. The highest BCUT2D eigenvalue weighted by Gasteiger charge is 2.14. The summed E-state index contributed by atoms with van der Waals surface area (Å²) in [6.07, 6.45) is 4.63. The lowest BCUT2D eigenvalue weighted by molar-refractivity contribution is -0.139. The molecule has 0 spiro atoms. The number of carboxylic acids is 2. The zero-order valence-corrected chi connectivity index (χ0v) is 19.4. The van der Waals surface area contributed by atoms with Crippen LogP contribution in [-0.2, 0) is 22.4 Å². The van der Waals surface area contributed by atoms with Gasteiger partial charge >= 0.3 is 11.9 Å². The first-order valence-corrected chi connectivity index (χ1v) is 9.91. The van der Waals surface area contributed by atoms with Crippen molar-refractivity contribution in [2.24, 2.45) is 11.5 Å². The monoisotopic (exact) mass is 494 g/mol. The Labute approximate surface area is 203 Å². The van der Waals surface area contributed by atoms with E-state index >= 15 is 0 Å². The highest BCUT2D eigenvalue weighted by atomic mass is 35.5. The number of halogens is 2. The summed E-state index contributed by atoms with van der Waals surface area (Å²) >= 11 is 0. The second-order valence-electron chi connectivity index (χ2n) is 7.43. The number of para-hydroxylation sites is 2. The van der Waals surface area contributed by atoms with E-state index in [1.807, 2.05) is 60.9 Å². The molecule has 0 aliphatic carbocycles. The van der Waals surface area contributed by atoms with Crippen LogP contribution in [0, 0.1) is 0 Å². The molecule has 0 saturated heterocycles. The fraction of sp³-hybridized carbons (Fsp3) is 0.217. The lowest BCUT2D eigenvalue weighted by Crippen LogP contribution is -2.32. The standard InChI is InChI=1S/C12H14N2O2.C11H12N2O2.2ClH/c13-9(6-12(15)16)5-8-7-14-11-4-2-1-3-10(8)11;12-9(11(14)15)5-7-6-13-10-4-2-1-3-8(7)10;;/h1-4,7,9,14H,5-6,13H2,(H,15,16);1-4,6,9,13H,5,12H2,(H,14,15);2*1H/t2*9-;;/m11../s1. The molecule has 33 heavy (non-hydrogen) atoms. The van der Waals surface area contributed by atoms with Crippen molar-refractivity contribution >= 4 is 58.6 Å². The van der Waals surface area contributed by atoms with Gasteiger partial charge in [0.2, 0.25) is 0 Å². The second-order valence-corrected chi connectivity index (χ2v) is 7.43. The smallest absolute Gasteiger partial charge is 0.320 e. The molecule has 178 valence electrons. The first kappa shape index (κ1) is 28.0. The predicted molar refractivity (Wildman–Crippen MR) is 134 cm³/mol. The number of nitrogens with two attached hydrogens (primary N) is 2. The zero-order valence-electron chi connectivity index (χ0n) is 17.7. The molecule has 0 bridgehead atoms. The Balaban J connectivity index is 0.000000312. The molecule has 0 aliphatic heterocycles. The number of hydrogen-bond acceptors (Lipinski definition) is 4. The molecule has 2 aromatic heterocycles. The summed E-state index contributed by atoms with van der Waals surface area (Å²) in [5.41, 5.74) is 15.3. The van der Waals surface area contributed by atoms with Crippen LogP contribution in [-0.4, -0.2) is 44.2 Å². The molecule has 0 amide bonds. The van der Waals surface area contributed by atoms with Crippen LogP contribution in [0.1, 0.15) is 17.5 Å². The Morgan fingerprint density at radius 2 is 1.24 bits per heavy atom. The SMILES string of the molecule is Cl.Cl.N[C@@H](CC(=O)O)Cc1c[nH]c2ccccc12.N[C@H](Cc1c[nH]c2ccccc12)C(=O)O. The first-order chi connectivity index (χ1) is 14.8. The van der Waals surface area contributed by atoms with Gasteiger partial charge in [-0.25, -0.2) is 0 Å². The average molecular weight is 495 g/mol. The van der Waals surface area contributed by atoms with Gasteiger partial charge in [0.15, 0.2) is 0 Å². The normalized spacial score (nSPS) is 12.1. The number of rotatable bonds is 7. The van der Waals surface area contributed by atoms with Crippen molar-refractivity contribution in [3.63, 3.8) is 0 Å². The molecular weight excluding hydrogens is 467 g/mol. The van der Waals surface area contributed by atoms with Gasteiger partial charge in [0.25, 0.3) is 0 Å². The molecule has 0 aliphatic rings. The summed E-state index contributed by atoms with van der Waals surface area (Å²) in [7, 11) is 0. The van der Waals surface area contributed by atoms with Gasteiger partial charge in [0.1, 0.15) is 6.04 Å². The van der Waals surface area contributed by atoms with E-state index in [0.717, 1.165) is 32.9 Å². The van der Waals surface area contributed by atoms with E-state index in [0.29, 0.717) is 12.8 Å². The molecule has 8 nitrogen and oxygen atoms in total. The predicted octanol–water partition coefficient (Wildman–Crippen LogP) is 3.48. The average Bonchev–Trinajstić information content (AvgIpc) is 3.32.